The molecule has 0 aromatic rings. The maximum Gasteiger partial charge on any atom is 0.374 e. The summed E-state index contributed by atoms with van der Waals surface area (Å²) < 4.78 is 89.3. The fourth-order valence-electron chi connectivity index (χ4n) is 3.68. The van der Waals surface area contributed by atoms with Crippen LogP contribution in [0.25, 0.3) is 0 Å². The minimum absolute atomic E-state index is 0.212. The minimum atomic E-state index is -4.18. The Bertz CT molecular complexity index is 757. The normalized spacial score (nSPS) is 30.9. The van der Waals surface area contributed by atoms with E-state index in [0.29, 0.717) is 12.5 Å². The van der Waals surface area contributed by atoms with E-state index in [1.54, 1.807) is 0 Å². The SMILES string of the molecule is CCCCC[C@H](O)C#C[C@@H]1[C@@H]2C(O/C(=C\CCC(F)(F)C(=O)O)C2(F)F)C(F)(F)[C@H]1O. The first-order chi connectivity index (χ1) is 14.3. The summed E-state index contributed by atoms with van der Waals surface area (Å²) in [6, 6.07) is 0. The molecule has 176 valence electrons. The second kappa shape index (κ2) is 9.28. The molecule has 1 aliphatic heterocycles. The van der Waals surface area contributed by atoms with Gasteiger partial charge in [-0.05, 0) is 25.3 Å². The van der Waals surface area contributed by atoms with Crippen molar-refractivity contribution in [3.63, 3.8) is 0 Å². The van der Waals surface area contributed by atoms with E-state index in [0.717, 1.165) is 12.8 Å². The molecule has 0 amide bonds. The quantitative estimate of drug-likeness (QED) is 0.294. The van der Waals surface area contributed by atoms with Crippen LogP contribution >= 0.6 is 0 Å². The first kappa shape index (κ1) is 25.3. The van der Waals surface area contributed by atoms with Gasteiger partial charge < -0.3 is 20.1 Å². The van der Waals surface area contributed by atoms with Crippen LogP contribution in [0.2, 0.25) is 0 Å². The van der Waals surface area contributed by atoms with Gasteiger partial charge in [-0.2, -0.15) is 26.3 Å². The number of unbranched alkanes of at least 4 members (excludes halogenated alkanes) is 2. The molecule has 2 aliphatic rings. The number of aliphatic hydroxyl groups is 2. The third kappa shape index (κ3) is 5.12. The van der Waals surface area contributed by atoms with E-state index < -0.39 is 72.5 Å². The molecule has 5 nitrogen and oxygen atoms in total. The molecule has 1 saturated carbocycles. The van der Waals surface area contributed by atoms with Gasteiger partial charge in [0.15, 0.2) is 11.9 Å². The van der Waals surface area contributed by atoms with E-state index in [9.17, 15) is 41.4 Å². The topological polar surface area (TPSA) is 87.0 Å². The van der Waals surface area contributed by atoms with E-state index >= 15 is 0 Å². The predicted molar refractivity (Wildman–Crippen MR) is 95.6 cm³/mol. The second-order valence-electron chi connectivity index (χ2n) is 7.75. The number of carboxylic acid groups (broad SMARTS) is 1. The molecule has 0 radical (unpaired) electrons. The molecule has 3 N–H and O–H groups in total. The minimum Gasteiger partial charge on any atom is -0.482 e. The third-order valence-electron chi connectivity index (χ3n) is 5.43. The summed E-state index contributed by atoms with van der Waals surface area (Å²) in [6.45, 7) is 1.92. The summed E-state index contributed by atoms with van der Waals surface area (Å²) in [5.41, 5.74) is 0. The molecule has 0 bridgehead atoms. The van der Waals surface area contributed by atoms with Crippen molar-refractivity contribution in [1.82, 2.24) is 0 Å². The molecule has 2 fully saturated rings. The van der Waals surface area contributed by atoms with Crippen LogP contribution in [0.5, 0.6) is 0 Å². The maximum absolute atomic E-state index is 14.8. The van der Waals surface area contributed by atoms with E-state index in [2.05, 4.69) is 16.6 Å². The van der Waals surface area contributed by atoms with Crippen LogP contribution in [0, 0.1) is 23.7 Å². The van der Waals surface area contributed by atoms with Crippen LogP contribution < -0.4 is 0 Å². The van der Waals surface area contributed by atoms with Gasteiger partial charge in [0.25, 0.3) is 0 Å². The number of allylic oxidation sites excluding steroid dienone is 2. The Labute approximate surface area is 175 Å². The van der Waals surface area contributed by atoms with Crippen LogP contribution in [-0.4, -0.2) is 57.4 Å². The third-order valence-corrected chi connectivity index (χ3v) is 5.43. The highest BCUT2D eigenvalue weighted by Crippen LogP contribution is 2.58. The van der Waals surface area contributed by atoms with Crippen molar-refractivity contribution in [2.24, 2.45) is 11.8 Å². The van der Waals surface area contributed by atoms with Crippen LogP contribution in [0.4, 0.5) is 26.3 Å². The lowest BCUT2D eigenvalue weighted by Crippen LogP contribution is -2.39. The first-order valence-electron chi connectivity index (χ1n) is 9.88. The monoisotopic (exact) mass is 458 g/mol. The summed E-state index contributed by atoms with van der Waals surface area (Å²) in [7, 11) is 0. The molecule has 0 aromatic heterocycles. The fourth-order valence-corrected chi connectivity index (χ4v) is 3.68. The zero-order valence-electron chi connectivity index (χ0n) is 16.6. The molecule has 0 spiro atoms. The Morgan fingerprint density at radius 3 is 2.52 bits per heavy atom. The van der Waals surface area contributed by atoms with Gasteiger partial charge in [0, 0.05) is 6.42 Å². The van der Waals surface area contributed by atoms with Crippen molar-refractivity contribution >= 4 is 5.97 Å². The number of carboxylic acids is 1. The van der Waals surface area contributed by atoms with Gasteiger partial charge in [-0.3, -0.25) is 0 Å². The molecule has 2 rings (SSSR count). The number of ether oxygens (including phenoxy) is 1. The van der Waals surface area contributed by atoms with Gasteiger partial charge in [0.05, 0.1) is 11.8 Å². The van der Waals surface area contributed by atoms with Crippen molar-refractivity contribution in [3.8, 4) is 11.8 Å². The summed E-state index contributed by atoms with van der Waals surface area (Å²) in [4.78, 5) is 10.4. The number of hydrogen-bond donors (Lipinski definition) is 3. The molecular weight excluding hydrogens is 434 g/mol. The molecule has 31 heavy (non-hydrogen) atoms. The van der Waals surface area contributed by atoms with Gasteiger partial charge in [0.2, 0.25) is 0 Å². The highest BCUT2D eigenvalue weighted by atomic mass is 19.3. The average Bonchev–Trinajstić information content (AvgIpc) is 3.03. The maximum atomic E-state index is 14.8. The van der Waals surface area contributed by atoms with Gasteiger partial charge in [-0.25, -0.2) is 4.79 Å². The Balaban J connectivity index is 2.22. The molecule has 5 atom stereocenters. The van der Waals surface area contributed by atoms with Gasteiger partial charge in [0.1, 0.15) is 12.2 Å². The summed E-state index contributed by atoms with van der Waals surface area (Å²) in [5, 5.41) is 28.1. The average molecular weight is 458 g/mol. The van der Waals surface area contributed by atoms with Crippen molar-refractivity contribution in [2.45, 2.75) is 81.5 Å². The Morgan fingerprint density at radius 2 is 1.94 bits per heavy atom. The van der Waals surface area contributed by atoms with E-state index in [1.165, 1.54) is 0 Å². The van der Waals surface area contributed by atoms with Crippen molar-refractivity contribution in [2.75, 3.05) is 0 Å². The molecule has 1 heterocycles. The smallest absolute Gasteiger partial charge is 0.374 e. The van der Waals surface area contributed by atoms with Crippen LogP contribution in [-0.2, 0) is 9.53 Å². The van der Waals surface area contributed by atoms with E-state index in [1.807, 2.05) is 6.92 Å². The molecule has 1 unspecified atom stereocenters. The lowest BCUT2D eigenvalue weighted by molar-refractivity contribution is -0.165. The van der Waals surface area contributed by atoms with Gasteiger partial charge >= 0.3 is 23.7 Å². The molecule has 11 heteroatoms. The Kier molecular flexibility index (Phi) is 7.59. The highest BCUT2D eigenvalue weighted by molar-refractivity contribution is 5.75. The zero-order chi connectivity index (χ0) is 23.6. The molecule has 0 aromatic carbocycles. The summed E-state index contributed by atoms with van der Waals surface area (Å²) in [6.07, 6.45) is -5.53. The fraction of sp³-hybridized carbons (Fsp3) is 0.750. The van der Waals surface area contributed by atoms with Crippen LogP contribution in [0.15, 0.2) is 11.8 Å². The van der Waals surface area contributed by atoms with Crippen molar-refractivity contribution in [3.05, 3.63) is 11.8 Å². The number of halogens is 6. The Hall–Kier alpha value is -1.93. The number of carbonyl (C=O) groups is 1. The van der Waals surface area contributed by atoms with Crippen molar-refractivity contribution < 1.29 is 51.2 Å². The largest absolute Gasteiger partial charge is 0.482 e. The van der Waals surface area contributed by atoms with Crippen LogP contribution in [0.1, 0.15) is 45.4 Å². The van der Waals surface area contributed by atoms with Crippen molar-refractivity contribution in [1.29, 1.82) is 0 Å². The lowest BCUT2D eigenvalue weighted by Gasteiger charge is -2.22. The Morgan fingerprint density at radius 1 is 1.29 bits per heavy atom. The zero-order valence-corrected chi connectivity index (χ0v) is 16.6. The number of aliphatic hydroxyl groups excluding tert-OH is 2. The summed E-state index contributed by atoms with van der Waals surface area (Å²) in [5.74, 6) is -15.9. The molecule has 1 aliphatic carbocycles. The van der Waals surface area contributed by atoms with Gasteiger partial charge in [-0.1, -0.05) is 31.6 Å². The predicted octanol–water partition coefficient (Wildman–Crippen LogP) is 3.59. The first-order valence-corrected chi connectivity index (χ1v) is 9.88. The van der Waals surface area contributed by atoms with E-state index in [-0.39, 0.29) is 6.42 Å². The standard InChI is InChI=1S/C20H24F6O5/c1-2-3-4-6-11(27)8-9-12-14-16(20(25,26)15(12)28)31-13(19(14,23)24)7-5-10-18(21,22)17(29)30/h7,11-12,14-16,27-28H,2-6,10H2,1H3,(H,29,30)/b13-7-/t11-,12+,14+,15-,16?/m0/s1. The number of fused-ring (bicyclic) bond motifs is 1. The number of hydrogen-bond acceptors (Lipinski definition) is 4. The highest BCUT2D eigenvalue weighted by Gasteiger charge is 2.75. The van der Waals surface area contributed by atoms with E-state index in [4.69, 9.17) is 5.11 Å². The summed E-state index contributed by atoms with van der Waals surface area (Å²) >= 11 is 0. The second-order valence-corrected chi connectivity index (χ2v) is 7.75. The molecular formula is C20H24F6O5. The number of aliphatic carboxylic acids is 1. The number of rotatable bonds is 8. The van der Waals surface area contributed by atoms with Gasteiger partial charge in [-0.15, -0.1) is 0 Å². The lowest BCUT2D eigenvalue weighted by atomic mass is 9.88. The number of alkyl halides is 6. The molecule has 1 saturated heterocycles. The van der Waals surface area contributed by atoms with Crippen LogP contribution in [0.3, 0.4) is 0 Å².